The molecule has 19 heavy (non-hydrogen) atoms. The Morgan fingerprint density at radius 2 is 2.11 bits per heavy atom. The second kappa shape index (κ2) is 5.97. The smallest absolute Gasteiger partial charge is 0.287 e. The van der Waals surface area contributed by atoms with Crippen molar-refractivity contribution < 1.29 is 4.92 Å². The summed E-state index contributed by atoms with van der Waals surface area (Å²) in [6, 6.07) is 1.54. The van der Waals surface area contributed by atoms with Crippen LogP contribution in [-0.4, -0.2) is 42.0 Å². The zero-order valence-corrected chi connectivity index (χ0v) is 12.2. The topological polar surface area (TPSA) is 71.3 Å². The minimum absolute atomic E-state index is 0.0237. The number of pyridine rings is 1. The summed E-state index contributed by atoms with van der Waals surface area (Å²) in [5.74, 6) is 0.706. The number of aryl methyl sites for hydroxylation is 1. The van der Waals surface area contributed by atoms with Crippen molar-refractivity contribution in [2.75, 3.05) is 32.5 Å². The van der Waals surface area contributed by atoms with Crippen LogP contribution in [-0.2, 0) is 0 Å². The summed E-state index contributed by atoms with van der Waals surface area (Å²) < 4.78 is 0. The fourth-order valence-corrected chi connectivity index (χ4v) is 2.08. The maximum Gasteiger partial charge on any atom is 0.287 e. The summed E-state index contributed by atoms with van der Waals surface area (Å²) in [6.45, 7) is 7.87. The Hall–Kier alpha value is -1.69. The van der Waals surface area contributed by atoms with Gasteiger partial charge in [-0.05, 0) is 32.0 Å². The highest BCUT2D eigenvalue weighted by Crippen LogP contribution is 2.21. The van der Waals surface area contributed by atoms with Crippen LogP contribution in [0.15, 0.2) is 12.3 Å². The highest BCUT2D eigenvalue weighted by atomic mass is 16.6. The Morgan fingerprint density at radius 1 is 1.47 bits per heavy atom. The molecule has 1 heterocycles. The van der Waals surface area contributed by atoms with Crippen molar-refractivity contribution in [3.63, 3.8) is 0 Å². The molecule has 0 spiro atoms. The molecule has 0 atom stereocenters. The van der Waals surface area contributed by atoms with Crippen molar-refractivity contribution >= 4 is 11.5 Å². The van der Waals surface area contributed by atoms with E-state index in [1.807, 2.05) is 21.0 Å². The number of anilines is 1. The third-order valence-electron chi connectivity index (χ3n) is 2.75. The molecule has 0 fully saturated rings. The molecule has 0 aliphatic rings. The van der Waals surface area contributed by atoms with E-state index in [2.05, 4.69) is 29.0 Å². The molecule has 0 aliphatic carbocycles. The predicted molar refractivity (Wildman–Crippen MR) is 76.5 cm³/mol. The van der Waals surface area contributed by atoms with Gasteiger partial charge in [-0.15, -0.1) is 0 Å². The van der Waals surface area contributed by atoms with E-state index in [4.69, 9.17) is 0 Å². The van der Waals surface area contributed by atoms with Gasteiger partial charge in [-0.2, -0.15) is 0 Å². The minimum Gasteiger partial charge on any atom is -0.369 e. The highest BCUT2D eigenvalue weighted by molar-refractivity contribution is 5.48. The van der Waals surface area contributed by atoms with Gasteiger partial charge in [0, 0.05) is 19.2 Å². The molecule has 6 nitrogen and oxygen atoms in total. The van der Waals surface area contributed by atoms with Crippen molar-refractivity contribution in [3.8, 4) is 0 Å². The Balaban J connectivity index is 2.71. The average molecular weight is 266 g/mol. The highest BCUT2D eigenvalue weighted by Gasteiger charge is 2.19. The van der Waals surface area contributed by atoms with Crippen LogP contribution in [0.1, 0.15) is 19.4 Å². The van der Waals surface area contributed by atoms with Gasteiger partial charge in [0.25, 0.3) is 5.69 Å². The van der Waals surface area contributed by atoms with Gasteiger partial charge in [-0.1, -0.05) is 13.8 Å². The van der Waals surface area contributed by atoms with Crippen molar-refractivity contribution in [3.05, 3.63) is 27.9 Å². The third-order valence-corrected chi connectivity index (χ3v) is 2.75. The molecular formula is C13H22N4O2. The first kappa shape index (κ1) is 15.4. The lowest BCUT2D eigenvalue weighted by atomic mass is 9.93. The summed E-state index contributed by atoms with van der Waals surface area (Å²) in [4.78, 5) is 16.5. The van der Waals surface area contributed by atoms with Crippen molar-refractivity contribution in [1.29, 1.82) is 0 Å². The van der Waals surface area contributed by atoms with Gasteiger partial charge in [0.05, 0.1) is 4.92 Å². The molecule has 0 saturated carbocycles. The molecule has 106 valence electrons. The molecule has 0 aromatic carbocycles. The SMILES string of the molecule is Cc1cc([N+](=O)[O-])cnc1NCC(C)(C)CN(C)C. The number of hydrogen-bond acceptors (Lipinski definition) is 5. The van der Waals surface area contributed by atoms with Crippen molar-refractivity contribution in [1.82, 2.24) is 9.88 Å². The molecule has 0 radical (unpaired) electrons. The first-order chi connectivity index (χ1) is 8.71. The van der Waals surface area contributed by atoms with Crippen LogP contribution in [0.3, 0.4) is 0 Å². The normalized spacial score (nSPS) is 11.7. The van der Waals surface area contributed by atoms with Gasteiger partial charge in [0.2, 0.25) is 0 Å². The largest absolute Gasteiger partial charge is 0.369 e. The summed E-state index contributed by atoms with van der Waals surface area (Å²) in [6.07, 6.45) is 1.29. The number of nitro groups is 1. The van der Waals surface area contributed by atoms with E-state index in [1.54, 1.807) is 0 Å². The molecule has 0 unspecified atom stereocenters. The lowest BCUT2D eigenvalue weighted by Gasteiger charge is -2.28. The van der Waals surface area contributed by atoms with E-state index in [0.717, 1.165) is 18.7 Å². The Morgan fingerprint density at radius 3 is 2.58 bits per heavy atom. The lowest BCUT2D eigenvalue weighted by Crippen LogP contribution is -2.34. The van der Waals surface area contributed by atoms with Gasteiger partial charge in [0.1, 0.15) is 12.0 Å². The molecule has 1 rings (SSSR count). The summed E-state index contributed by atoms with van der Waals surface area (Å²) in [7, 11) is 4.08. The molecule has 0 aliphatic heterocycles. The Bertz CT molecular complexity index is 458. The zero-order valence-electron chi connectivity index (χ0n) is 12.2. The summed E-state index contributed by atoms with van der Waals surface area (Å²) in [5, 5.41) is 13.9. The molecule has 0 bridgehead atoms. The second-order valence-corrected chi connectivity index (χ2v) is 5.87. The van der Waals surface area contributed by atoms with Gasteiger partial charge >= 0.3 is 0 Å². The fraction of sp³-hybridized carbons (Fsp3) is 0.615. The minimum atomic E-state index is -0.431. The molecule has 0 amide bonds. The molecule has 1 N–H and O–H groups in total. The van der Waals surface area contributed by atoms with E-state index < -0.39 is 4.92 Å². The average Bonchev–Trinajstić information content (AvgIpc) is 2.25. The summed E-state index contributed by atoms with van der Waals surface area (Å²) in [5.41, 5.74) is 0.907. The molecule has 6 heteroatoms. The number of rotatable bonds is 6. The molecular weight excluding hydrogens is 244 g/mol. The first-order valence-corrected chi connectivity index (χ1v) is 6.21. The zero-order chi connectivity index (χ0) is 14.6. The molecule has 1 aromatic heterocycles. The predicted octanol–water partition coefficient (Wildman–Crippen LogP) is 2.30. The number of nitrogens with one attached hydrogen (secondary N) is 1. The number of aromatic nitrogens is 1. The monoisotopic (exact) mass is 266 g/mol. The van der Waals surface area contributed by atoms with Gasteiger partial charge in [-0.25, -0.2) is 4.98 Å². The number of nitrogens with zero attached hydrogens (tertiary/aromatic N) is 3. The van der Waals surface area contributed by atoms with E-state index >= 15 is 0 Å². The van der Waals surface area contributed by atoms with Gasteiger partial charge in [0.15, 0.2) is 0 Å². The van der Waals surface area contributed by atoms with Crippen molar-refractivity contribution in [2.45, 2.75) is 20.8 Å². The van der Waals surface area contributed by atoms with Crippen LogP contribution in [0.5, 0.6) is 0 Å². The first-order valence-electron chi connectivity index (χ1n) is 6.21. The maximum absolute atomic E-state index is 10.6. The lowest BCUT2D eigenvalue weighted by molar-refractivity contribution is -0.385. The molecule has 1 aromatic rings. The quantitative estimate of drug-likeness (QED) is 0.632. The van der Waals surface area contributed by atoms with E-state index in [-0.39, 0.29) is 11.1 Å². The Kier molecular flexibility index (Phi) is 4.83. The van der Waals surface area contributed by atoms with Gasteiger partial charge < -0.3 is 10.2 Å². The van der Waals surface area contributed by atoms with E-state index in [1.165, 1.54) is 12.3 Å². The summed E-state index contributed by atoms with van der Waals surface area (Å²) >= 11 is 0. The number of hydrogen-bond donors (Lipinski definition) is 1. The van der Waals surface area contributed by atoms with Gasteiger partial charge in [-0.3, -0.25) is 10.1 Å². The van der Waals surface area contributed by atoms with Crippen LogP contribution >= 0.6 is 0 Å². The van der Waals surface area contributed by atoms with Crippen LogP contribution < -0.4 is 5.32 Å². The van der Waals surface area contributed by atoms with Crippen LogP contribution in [0.25, 0.3) is 0 Å². The second-order valence-electron chi connectivity index (χ2n) is 5.87. The fourth-order valence-electron chi connectivity index (χ4n) is 2.08. The van der Waals surface area contributed by atoms with Crippen LogP contribution in [0.2, 0.25) is 0 Å². The van der Waals surface area contributed by atoms with Crippen molar-refractivity contribution in [2.24, 2.45) is 5.41 Å². The van der Waals surface area contributed by atoms with E-state index in [0.29, 0.717) is 5.82 Å². The standard InChI is InChI=1S/C13H22N4O2/c1-10-6-11(17(18)19)7-14-12(10)15-8-13(2,3)9-16(4)5/h6-7H,8-9H2,1-5H3,(H,14,15). The van der Waals surface area contributed by atoms with E-state index in [9.17, 15) is 10.1 Å². The third kappa shape index (κ3) is 4.82. The van der Waals surface area contributed by atoms with Crippen LogP contribution in [0, 0.1) is 22.5 Å². The van der Waals surface area contributed by atoms with Crippen LogP contribution in [0.4, 0.5) is 11.5 Å². The Labute approximate surface area is 114 Å². The maximum atomic E-state index is 10.6. The molecule has 0 saturated heterocycles.